The van der Waals surface area contributed by atoms with E-state index >= 15 is 0 Å². The van der Waals surface area contributed by atoms with E-state index in [0.29, 0.717) is 12.1 Å². The van der Waals surface area contributed by atoms with Crippen molar-refractivity contribution in [1.29, 1.82) is 0 Å². The van der Waals surface area contributed by atoms with Crippen LogP contribution in [0.3, 0.4) is 0 Å². The van der Waals surface area contributed by atoms with Crippen molar-refractivity contribution in [2.24, 2.45) is 0 Å². The summed E-state index contributed by atoms with van der Waals surface area (Å²) in [4.78, 5) is 0. The molecule has 0 aromatic carbocycles. The second-order valence-electron chi connectivity index (χ2n) is 5.45. The first kappa shape index (κ1) is 12.1. The molecule has 2 nitrogen and oxygen atoms in total. The van der Waals surface area contributed by atoms with E-state index < -0.39 is 0 Å². The first-order valence-electron chi connectivity index (χ1n) is 6.78. The summed E-state index contributed by atoms with van der Waals surface area (Å²) in [6.45, 7) is 6.90. The van der Waals surface area contributed by atoms with Crippen molar-refractivity contribution in [2.75, 3.05) is 6.54 Å². The molecule has 1 saturated carbocycles. The molecule has 2 unspecified atom stereocenters. The second kappa shape index (κ2) is 5.33. The molecule has 1 aliphatic heterocycles. The topological polar surface area (TPSA) is 21.3 Å². The highest BCUT2D eigenvalue weighted by atomic mass is 16.5. The molecule has 0 amide bonds. The van der Waals surface area contributed by atoms with Crippen molar-refractivity contribution in [3.8, 4) is 0 Å². The molecule has 2 rings (SSSR count). The minimum atomic E-state index is 0.266. The normalized spacial score (nSPS) is 30.4. The van der Waals surface area contributed by atoms with Gasteiger partial charge in [-0.2, -0.15) is 0 Å². The highest BCUT2D eigenvalue weighted by Gasteiger charge is 2.40. The standard InChI is InChI=1S/C14H25NO/c1-3-12(2)15-11-13-7-10-14(16-13)8-5-4-6-9-14/h3,12-13,15H,1,4-11H2,2H3. The predicted molar refractivity (Wildman–Crippen MR) is 67.6 cm³/mol. The Balaban J connectivity index is 1.76. The van der Waals surface area contributed by atoms with Gasteiger partial charge in [0, 0.05) is 12.6 Å². The molecule has 92 valence electrons. The van der Waals surface area contributed by atoms with Gasteiger partial charge in [0.25, 0.3) is 0 Å². The molecule has 16 heavy (non-hydrogen) atoms. The van der Waals surface area contributed by atoms with Crippen LogP contribution in [0.1, 0.15) is 51.9 Å². The lowest BCUT2D eigenvalue weighted by atomic mass is 9.83. The SMILES string of the molecule is C=CC(C)NCC1CCC2(CCCCC2)O1. The number of rotatable bonds is 4. The van der Waals surface area contributed by atoms with Crippen molar-refractivity contribution < 1.29 is 4.74 Å². The molecule has 0 bridgehead atoms. The molecule has 1 aliphatic carbocycles. The summed E-state index contributed by atoms with van der Waals surface area (Å²) >= 11 is 0. The maximum atomic E-state index is 6.29. The van der Waals surface area contributed by atoms with E-state index in [9.17, 15) is 0 Å². The largest absolute Gasteiger partial charge is 0.370 e. The first-order chi connectivity index (χ1) is 7.74. The van der Waals surface area contributed by atoms with Crippen LogP contribution in [0.25, 0.3) is 0 Å². The van der Waals surface area contributed by atoms with Crippen LogP contribution in [0.15, 0.2) is 12.7 Å². The Kier molecular flexibility index (Phi) is 4.04. The van der Waals surface area contributed by atoms with Crippen LogP contribution in [0.4, 0.5) is 0 Å². The zero-order valence-electron chi connectivity index (χ0n) is 10.5. The summed E-state index contributed by atoms with van der Waals surface area (Å²) in [6.07, 6.45) is 11.6. The quantitative estimate of drug-likeness (QED) is 0.740. The van der Waals surface area contributed by atoms with Gasteiger partial charge in [0.15, 0.2) is 0 Å². The lowest BCUT2D eigenvalue weighted by molar-refractivity contribution is -0.0625. The number of hydrogen-bond donors (Lipinski definition) is 1. The third-order valence-corrected chi connectivity index (χ3v) is 4.12. The molecule has 2 heteroatoms. The van der Waals surface area contributed by atoms with Crippen molar-refractivity contribution in [2.45, 2.75) is 69.6 Å². The molecule has 1 N–H and O–H groups in total. The maximum absolute atomic E-state index is 6.29. The highest BCUT2D eigenvalue weighted by molar-refractivity contribution is 4.92. The van der Waals surface area contributed by atoms with Crippen molar-refractivity contribution in [1.82, 2.24) is 5.32 Å². The Morgan fingerprint density at radius 1 is 1.38 bits per heavy atom. The molecule has 1 heterocycles. The van der Waals surface area contributed by atoms with Gasteiger partial charge in [-0.25, -0.2) is 0 Å². The van der Waals surface area contributed by atoms with Crippen LogP contribution in [0, 0.1) is 0 Å². The molecule has 1 spiro atoms. The van der Waals surface area contributed by atoms with Gasteiger partial charge in [-0.05, 0) is 32.6 Å². The Labute approximate surface area is 99.4 Å². The summed E-state index contributed by atoms with van der Waals surface area (Å²) in [5.41, 5.74) is 0.266. The molecular weight excluding hydrogens is 198 g/mol. The molecule has 0 aromatic heterocycles. The fourth-order valence-corrected chi connectivity index (χ4v) is 3.00. The minimum absolute atomic E-state index is 0.266. The molecule has 2 fully saturated rings. The van der Waals surface area contributed by atoms with Gasteiger partial charge in [-0.3, -0.25) is 0 Å². The van der Waals surface area contributed by atoms with Crippen LogP contribution in [0.2, 0.25) is 0 Å². The molecular formula is C14H25NO. The molecule has 2 atom stereocenters. The zero-order valence-corrected chi connectivity index (χ0v) is 10.5. The molecule has 0 radical (unpaired) electrons. The third-order valence-electron chi connectivity index (χ3n) is 4.12. The van der Waals surface area contributed by atoms with E-state index in [1.807, 2.05) is 6.08 Å². The van der Waals surface area contributed by atoms with Gasteiger partial charge >= 0.3 is 0 Å². The highest BCUT2D eigenvalue weighted by Crippen LogP contribution is 2.41. The summed E-state index contributed by atoms with van der Waals surface area (Å²) in [6, 6.07) is 0.395. The summed E-state index contributed by atoms with van der Waals surface area (Å²) < 4.78 is 6.29. The van der Waals surface area contributed by atoms with E-state index in [-0.39, 0.29) is 5.60 Å². The van der Waals surface area contributed by atoms with Gasteiger partial charge in [-0.15, -0.1) is 6.58 Å². The lowest BCUT2D eigenvalue weighted by Gasteiger charge is -2.33. The van der Waals surface area contributed by atoms with Crippen LogP contribution in [0.5, 0.6) is 0 Å². The summed E-state index contributed by atoms with van der Waals surface area (Å²) in [5, 5.41) is 3.45. The van der Waals surface area contributed by atoms with Crippen LogP contribution >= 0.6 is 0 Å². The van der Waals surface area contributed by atoms with E-state index in [4.69, 9.17) is 4.74 Å². The molecule has 1 saturated heterocycles. The predicted octanol–water partition coefficient (Wildman–Crippen LogP) is 3.03. The van der Waals surface area contributed by atoms with Crippen molar-refractivity contribution in [3.63, 3.8) is 0 Å². The van der Waals surface area contributed by atoms with Gasteiger partial charge in [0.2, 0.25) is 0 Å². The second-order valence-corrected chi connectivity index (χ2v) is 5.45. The molecule has 0 aromatic rings. The first-order valence-corrected chi connectivity index (χ1v) is 6.78. The Bertz CT molecular complexity index is 233. The minimum Gasteiger partial charge on any atom is -0.370 e. The van der Waals surface area contributed by atoms with Crippen molar-refractivity contribution >= 4 is 0 Å². The number of nitrogens with one attached hydrogen (secondary N) is 1. The van der Waals surface area contributed by atoms with E-state index in [2.05, 4.69) is 18.8 Å². The third kappa shape index (κ3) is 2.86. The van der Waals surface area contributed by atoms with E-state index in [1.165, 1.54) is 44.9 Å². The average Bonchev–Trinajstić information content (AvgIpc) is 2.70. The average molecular weight is 223 g/mol. The number of ether oxygens (including phenoxy) is 1. The van der Waals surface area contributed by atoms with Crippen molar-refractivity contribution in [3.05, 3.63) is 12.7 Å². The maximum Gasteiger partial charge on any atom is 0.0708 e. The fourth-order valence-electron chi connectivity index (χ4n) is 3.00. The number of hydrogen-bond acceptors (Lipinski definition) is 2. The van der Waals surface area contributed by atoms with E-state index in [1.54, 1.807) is 0 Å². The van der Waals surface area contributed by atoms with Crippen LogP contribution < -0.4 is 5.32 Å². The summed E-state index contributed by atoms with van der Waals surface area (Å²) in [7, 11) is 0. The Morgan fingerprint density at radius 3 is 2.81 bits per heavy atom. The van der Waals surface area contributed by atoms with Gasteiger partial charge in [0.05, 0.1) is 11.7 Å². The van der Waals surface area contributed by atoms with Gasteiger partial charge < -0.3 is 10.1 Å². The Morgan fingerprint density at radius 2 is 2.12 bits per heavy atom. The van der Waals surface area contributed by atoms with Gasteiger partial charge in [-0.1, -0.05) is 25.3 Å². The van der Waals surface area contributed by atoms with Crippen LogP contribution in [-0.4, -0.2) is 24.3 Å². The van der Waals surface area contributed by atoms with Crippen LogP contribution in [-0.2, 0) is 4.74 Å². The Hall–Kier alpha value is -0.340. The monoisotopic (exact) mass is 223 g/mol. The zero-order chi connectivity index (χ0) is 11.4. The summed E-state index contributed by atoms with van der Waals surface area (Å²) in [5.74, 6) is 0. The molecule has 2 aliphatic rings. The van der Waals surface area contributed by atoms with Gasteiger partial charge in [0.1, 0.15) is 0 Å². The lowest BCUT2D eigenvalue weighted by Crippen LogP contribution is -2.36. The smallest absolute Gasteiger partial charge is 0.0708 e. The van der Waals surface area contributed by atoms with E-state index in [0.717, 1.165) is 6.54 Å². The fraction of sp³-hybridized carbons (Fsp3) is 0.857.